The number of amides is 1. The van der Waals surface area contributed by atoms with E-state index in [0.717, 1.165) is 19.3 Å². The highest BCUT2D eigenvalue weighted by Gasteiger charge is 2.41. The van der Waals surface area contributed by atoms with E-state index in [1.165, 1.54) is 0 Å². The summed E-state index contributed by atoms with van der Waals surface area (Å²) in [5, 5.41) is 3.46. The minimum absolute atomic E-state index is 0.0142. The fraction of sp³-hybridized carbons (Fsp3) is 0.929. The van der Waals surface area contributed by atoms with Crippen LogP contribution in [0, 0.1) is 5.92 Å². The van der Waals surface area contributed by atoms with Gasteiger partial charge in [-0.2, -0.15) is 0 Å². The first-order valence-electron chi connectivity index (χ1n) is 7.13. The van der Waals surface area contributed by atoms with Gasteiger partial charge in [0.05, 0.1) is 24.9 Å². The first kappa shape index (κ1) is 15.4. The fourth-order valence-electron chi connectivity index (χ4n) is 2.66. The summed E-state index contributed by atoms with van der Waals surface area (Å²) in [5.74, 6) is 0.650. The molecular weight excluding hydrogens is 228 g/mol. The number of rotatable bonds is 7. The maximum atomic E-state index is 12.5. The van der Waals surface area contributed by atoms with Crippen LogP contribution in [0.3, 0.4) is 0 Å². The first-order chi connectivity index (χ1) is 8.56. The van der Waals surface area contributed by atoms with Gasteiger partial charge in [-0.1, -0.05) is 34.1 Å². The number of nitrogens with zero attached hydrogens (tertiary/aromatic N) is 1. The molecule has 0 aromatic rings. The van der Waals surface area contributed by atoms with E-state index in [4.69, 9.17) is 4.74 Å². The molecular formula is C14H28N2O2. The molecule has 1 saturated heterocycles. The highest BCUT2D eigenvalue weighted by Crippen LogP contribution is 2.23. The van der Waals surface area contributed by atoms with Crippen LogP contribution in [0.1, 0.15) is 47.0 Å². The molecule has 0 spiro atoms. The smallest absolute Gasteiger partial charge is 0.241 e. The van der Waals surface area contributed by atoms with Crippen molar-refractivity contribution in [2.24, 2.45) is 5.92 Å². The predicted molar refractivity (Wildman–Crippen MR) is 73.3 cm³/mol. The van der Waals surface area contributed by atoms with Crippen LogP contribution < -0.4 is 5.32 Å². The number of carbonyl (C=O) groups excluding carboxylic acids is 1. The van der Waals surface area contributed by atoms with E-state index < -0.39 is 0 Å². The summed E-state index contributed by atoms with van der Waals surface area (Å²) >= 11 is 0. The Hall–Kier alpha value is -0.610. The van der Waals surface area contributed by atoms with Crippen LogP contribution in [-0.4, -0.2) is 42.8 Å². The molecule has 106 valence electrons. The van der Waals surface area contributed by atoms with Crippen molar-refractivity contribution in [1.82, 2.24) is 10.2 Å². The second-order valence-corrected chi connectivity index (χ2v) is 5.44. The monoisotopic (exact) mass is 256 g/mol. The molecule has 1 heterocycles. The zero-order valence-electron chi connectivity index (χ0n) is 12.4. The van der Waals surface area contributed by atoms with Gasteiger partial charge in [-0.15, -0.1) is 0 Å². The molecule has 4 heteroatoms. The van der Waals surface area contributed by atoms with Crippen molar-refractivity contribution in [2.75, 3.05) is 13.7 Å². The number of carbonyl (C=O) groups is 1. The zero-order valence-corrected chi connectivity index (χ0v) is 12.4. The first-order valence-corrected chi connectivity index (χ1v) is 7.13. The van der Waals surface area contributed by atoms with Crippen LogP contribution in [0.5, 0.6) is 0 Å². The minimum atomic E-state index is -0.0142. The molecule has 0 aliphatic carbocycles. The molecule has 1 fully saturated rings. The van der Waals surface area contributed by atoms with Crippen molar-refractivity contribution in [3.05, 3.63) is 0 Å². The molecule has 0 saturated carbocycles. The summed E-state index contributed by atoms with van der Waals surface area (Å²) in [5.41, 5.74) is 0. The van der Waals surface area contributed by atoms with Crippen molar-refractivity contribution in [1.29, 1.82) is 0 Å². The molecule has 0 bridgehead atoms. The van der Waals surface area contributed by atoms with E-state index in [1.54, 1.807) is 7.11 Å². The Morgan fingerprint density at radius 2 is 2.06 bits per heavy atom. The van der Waals surface area contributed by atoms with E-state index in [1.807, 2.05) is 4.90 Å². The molecule has 1 N–H and O–H groups in total. The fourth-order valence-corrected chi connectivity index (χ4v) is 2.66. The van der Waals surface area contributed by atoms with Crippen LogP contribution in [0.15, 0.2) is 0 Å². The quantitative estimate of drug-likeness (QED) is 0.757. The van der Waals surface area contributed by atoms with Crippen molar-refractivity contribution >= 4 is 5.91 Å². The zero-order chi connectivity index (χ0) is 13.7. The maximum absolute atomic E-state index is 12.5. The van der Waals surface area contributed by atoms with Gasteiger partial charge in [-0.05, 0) is 18.8 Å². The molecule has 0 aromatic carbocycles. The van der Waals surface area contributed by atoms with Crippen LogP contribution in [-0.2, 0) is 9.53 Å². The normalized spacial score (nSPS) is 26.1. The number of ether oxygens (including phenoxy) is 1. The Morgan fingerprint density at radius 3 is 2.50 bits per heavy atom. The van der Waals surface area contributed by atoms with E-state index >= 15 is 0 Å². The summed E-state index contributed by atoms with van der Waals surface area (Å²) in [7, 11) is 1.70. The number of methoxy groups -OCH3 is 1. The molecule has 0 radical (unpaired) electrons. The average Bonchev–Trinajstić information content (AvgIpc) is 2.63. The third-order valence-corrected chi connectivity index (χ3v) is 3.72. The number of hydrogen-bond acceptors (Lipinski definition) is 3. The second kappa shape index (κ2) is 7.10. The van der Waals surface area contributed by atoms with E-state index in [9.17, 15) is 4.79 Å². The Balaban J connectivity index is 2.88. The standard InChI is InChI=1S/C14H28N2O2/c1-6-8-13-15-11(7-2)14(17)16(13)12(9-18-5)10(3)4/h10-13,15H,6-9H2,1-5H3. The van der Waals surface area contributed by atoms with E-state index in [2.05, 4.69) is 33.0 Å². The number of nitrogens with one attached hydrogen (secondary N) is 1. The van der Waals surface area contributed by atoms with Gasteiger partial charge in [0.2, 0.25) is 5.91 Å². The lowest BCUT2D eigenvalue weighted by molar-refractivity contribution is -0.134. The number of hydrogen-bond donors (Lipinski definition) is 1. The van der Waals surface area contributed by atoms with Gasteiger partial charge in [0.15, 0.2) is 0 Å². The molecule has 3 unspecified atom stereocenters. The molecule has 1 aliphatic rings. The summed E-state index contributed by atoms with van der Waals surface area (Å²) in [6, 6.07) is 0.155. The van der Waals surface area contributed by atoms with E-state index in [0.29, 0.717) is 12.5 Å². The van der Waals surface area contributed by atoms with Crippen LogP contribution in [0.2, 0.25) is 0 Å². The third kappa shape index (κ3) is 3.23. The van der Waals surface area contributed by atoms with Crippen molar-refractivity contribution in [3.63, 3.8) is 0 Å². The lowest BCUT2D eigenvalue weighted by Crippen LogP contribution is -2.49. The van der Waals surface area contributed by atoms with E-state index in [-0.39, 0.29) is 24.2 Å². The van der Waals surface area contributed by atoms with Crippen molar-refractivity contribution in [2.45, 2.75) is 65.2 Å². The van der Waals surface area contributed by atoms with Gasteiger partial charge in [-0.3, -0.25) is 10.1 Å². The van der Waals surface area contributed by atoms with Gasteiger partial charge in [0.25, 0.3) is 0 Å². The Morgan fingerprint density at radius 1 is 1.39 bits per heavy atom. The summed E-state index contributed by atoms with van der Waals surface area (Å²) in [6.45, 7) is 9.13. The average molecular weight is 256 g/mol. The minimum Gasteiger partial charge on any atom is -0.383 e. The largest absolute Gasteiger partial charge is 0.383 e. The second-order valence-electron chi connectivity index (χ2n) is 5.44. The van der Waals surface area contributed by atoms with Gasteiger partial charge >= 0.3 is 0 Å². The van der Waals surface area contributed by atoms with Crippen LogP contribution >= 0.6 is 0 Å². The SMILES string of the molecule is CCCC1NC(CC)C(=O)N1C(COC)C(C)C. The third-order valence-electron chi connectivity index (χ3n) is 3.72. The predicted octanol–water partition coefficient (Wildman–Crippen LogP) is 1.99. The molecule has 4 nitrogen and oxygen atoms in total. The van der Waals surface area contributed by atoms with Gasteiger partial charge in [-0.25, -0.2) is 0 Å². The summed E-state index contributed by atoms with van der Waals surface area (Å²) in [4.78, 5) is 14.5. The Bertz CT molecular complexity index is 269. The van der Waals surface area contributed by atoms with Gasteiger partial charge in [0.1, 0.15) is 0 Å². The maximum Gasteiger partial charge on any atom is 0.241 e. The lowest BCUT2D eigenvalue weighted by atomic mass is 10.0. The molecule has 0 aromatic heterocycles. The highest BCUT2D eigenvalue weighted by molar-refractivity contribution is 5.84. The van der Waals surface area contributed by atoms with Crippen molar-refractivity contribution in [3.8, 4) is 0 Å². The lowest BCUT2D eigenvalue weighted by Gasteiger charge is -2.35. The van der Waals surface area contributed by atoms with Crippen LogP contribution in [0.4, 0.5) is 0 Å². The topological polar surface area (TPSA) is 41.6 Å². The van der Waals surface area contributed by atoms with Gasteiger partial charge < -0.3 is 9.64 Å². The molecule has 1 rings (SSSR count). The van der Waals surface area contributed by atoms with Crippen LogP contribution in [0.25, 0.3) is 0 Å². The summed E-state index contributed by atoms with van der Waals surface area (Å²) < 4.78 is 5.30. The molecule has 1 aliphatic heterocycles. The van der Waals surface area contributed by atoms with Crippen molar-refractivity contribution < 1.29 is 9.53 Å². The molecule has 1 amide bonds. The highest BCUT2D eigenvalue weighted by atomic mass is 16.5. The molecule has 18 heavy (non-hydrogen) atoms. The van der Waals surface area contributed by atoms with Gasteiger partial charge in [0, 0.05) is 7.11 Å². The summed E-state index contributed by atoms with van der Waals surface area (Å²) in [6.07, 6.45) is 3.12. The Labute approximate surface area is 111 Å². The Kier molecular flexibility index (Phi) is 6.09. The molecule has 3 atom stereocenters.